The predicted molar refractivity (Wildman–Crippen MR) is 79.4 cm³/mol. The van der Waals surface area contributed by atoms with E-state index in [0.29, 0.717) is 6.04 Å². The highest BCUT2D eigenvalue weighted by Crippen LogP contribution is 2.21. The van der Waals surface area contributed by atoms with Crippen LogP contribution in [0.15, 0.2) is 24.3 Å². The molecule has 19 heavy (non-hydrogen) atoms. The maximum absolute atomic E-state index is 6.05. The van der Waals surface area contributed by atoms with Crippen molar-refractivity contribution in [3.8, 4) is 0 Å². The number of benzene rings is 1. The van der Waals surface area contributed by atoms with Crippen molar-refractivity contribution in [2.45, 2.75) is 39.8 Å². The molecule has 2 rings (SSSR count). The fraction of sp³-hybridized carbons (Fsp3) is 0.400. The summed E-state index contributed by atoms with van der Waals surface area (Å²) < 4.78 is 0. The number of rotatable bonds is 5. The third-order valence-electron chi connectivity index (χ3n) is 3.47. The number of nitrogens with one attached hydrogen (secondary N) is 2. The van der Waals surface area contributed by atoms with Gasteiger partial charge in [0.15, 0.2) is 0 Å². The van der Waals surface area contributed by atoms with E-state index in [-0.39, 0.29) is 0 Å². The number of H-pyrrole nitrogens is 1. The quantitative estimate of drug-likeness (QED) is 0.870. The third-order valence-corrected chi connectivity index (χ3v) is 3.70. The Morgan fingerprint density at radius 1 is 1.37 bits per heavy atom. The van der Waals surface area contributed by atoms with Crippen LogP contribution in [0.1, 0.15) is 41.9 Å². The Kier molecular flexibility index (Phi) is 4.61. The molecular formula is C15H20ClN3. The summed E-state index contributed by atoms with van der Waals surface area (Å²) >= 11 is 6.05. The van der Waals surface area contributed by atoms with Crippen molar-refractivity contribution < 1.29 is 0 Å². The van der Waals surface area contributed by atoms with Gasteiger partial charge >= 0.3 is 0 Å². The molecule has 0 aliphatic heterocycles. The zero-order valence-corrected chi connectivity index (χ0v) is 12.4. The SMILES string of the molecule is CCC(NCc1c(C)n[nH]c1C)c1cccc(Cl)c1. The summed E-state index contributed by atoms with van der Waals surface area (Å²) in [4.78, 5) is 0. The first kappa shape index (κ1) is 14.1. The van der Waals surface area contributed by atoms with Crippen LogP contribution in [0.4, 0.5) is 0 Å². The lowest BCUT2D eigenvalue weighted by molar-refractivity contribution is 0.517. The Morgan fingerprint density at radius 2 is 2.16 bits per heavy atom. The van der Waals surface area contributed by atoms with E-state index in [2.05, 4.69) is 35.4 Å². The summed E-state index contributed by atoms with van der Waals surface area (Å²) in [5.41, 5.74) is 4.67. The van der Waals surface area contributed by atoms with Gasteiger partial charge in [-0.1, -0.05) is 30.7 Å². The zero-order valence-electron chi connectivity index (χ0n) is 11.6. The smallest absolute Gasteiger partial charge is 0.0638 e. The molecule has 0 spiro atoms. The van der Waals surface area contributed by atoms with Crippen LogP contribution in [0.3, 0.4) is 0 Å². The molecule has 0 radical (unpaired) electrons. The second-order valence-electron chi connectivity index (χ2n) is 4.81. The van der Waals surface area contributed by atoms with Crippen LogP contribution in [0.2, 0.25) is 5.02 Å². The molecule has 0 fully saturated rings. The molecule has 1 aromatic heterocycles. The number of hydrogen-bond donors (Lipinski definition) is 2. The van der Waals surface area contributed by atoms with Crippen LogP contribution in [0, 0.1) is 13.8 Å². The molecule has 1 atom stereocenters. The van der Waals surface area contributed by atoms with E-state index in [1.165, 1.54) is 11.1 Å². The molecule has 4 heteroatoms. The number of aromatic nitrogens is 2. The third kappa shape index (κ3) is 3.37. The van der Waals surface area contributed by atoms with Crippen LogP contribution < -0.4 is 5.32 Å². The molecule has 0 bridgehead atoms. The van der Waals surface area contributed by atoms with E-state index in [0.717, 1.165) is 29.4 Å². The number of aromatic amines is 1. The molecule has 1 heterocycles. The van der Waals surface area contributed by atoms with Crippen molar-refractivity contribution in [3.05, 3.63) is 51.8 Å². The van der Waals surface area contributed by atoms with Gasteiger partial charge < -0.3 is 5.32 Å². The minimum atomic E-state index is 0.312. The molecule has 0 aliphatic carbocycles. The average Bonchev–Trinajstić information content (AvgIpc) is 2.71. The largest absolute Gasteiger partial charge is 0.306 e. The van der Waals surface area contributed by atoms with Crippen LogP contribution in [-0.4, -0.2) is 10.2 Å². The van der Waals surface area contributed by atoms with Crippen molar-refractivity contribution in [2.75, 3.05) is 0 Å². The molecule has 0 amide bonds. The summed E-state index contributed by atoms with van der Waals surface area (Å²) in [6, 6.07) is 8.35. The Labute approximate surface area is 119 Å². The molecule has 0 aliphatic rings. The topological polar surface area (TPSA) is 40.7 Å². The van der Waals surface area contributed by atoms with E-state index in [9.17, 15) is 0 Å². The molecule has 1 unspecified atom stereocenters. The summed E-state index contributed by atoms with van der Waals surface area (Å²) in [5, 5.41) is 11.6. The highest BCUT2D eigenvalue weighted by molar-refractivity contribution is 6.30. The van der Waals surface area contributed by atoms with Gasteiger partial charge in [-0.25, -0.2) is 0 Å². The Balaban J connectivity index is 2.08. The van der Waals surface area contributed by atoms with E-state index in [1.54, 1.807) is 0 Å². The lowest BCUT2D eigenvalue weighted by Gasteiger charge is -2.18. The Hall–Kier alpha value is -1.32. The van der Waals surface area contributed by atoms with Gasteiger partial charge in [0.1, 0.15) is 0 Å². The van der Waals surface area contributed by atoms with E-state index in [1.807, 2.05) is 25.1 Å². The van der Waals surface area contributed by atoms with Gasteiger partial charge in [-0.05, 0) is 38.0 Å². The predicted octanol–water partition coefficient (Wildman–Crippen LogP) is 3.92. The molecule has 0 saturated carbocycles. The fourth-order valence-corrected chi connectivity index (χ4v) is 2.48. The number of aryl methyl sites for hydroxylation is 2. The molecule has 3 nitrogen and oxygen atoms in total. The summed E-state index contributed by atoms with van der Waals surface area (Å²) in [7, 11) is 0. The summed E-state index contributed by atoms with van der Waals surface area (Å²) in [6.45, 7) is 7.07. The highest BCUT2D eigenvalue weighted by atomic mass is 35.5. The summed E-state index contributed by atoms with van der Waals surface area (Å²) in [5.74, 6) is 0. The van der Waals surface area contributed by atoms with Crippen LogP contribution in [-0.2, 0) is 6.54 Å². The molecule has 102 valence electrons. The molecule has 2 N–H and O–H groups in total. The first-order valence-corrected chi connectivity index (χ1v) is 6.99. The molecular weight excluding hydrogens is 258 g/mol. The van der Waals surface area contributed by atoms with Crippen molar-refractivity contribution in [3.63, 3.8) is 0 Å². The number of nitrogens with zero attached hydrogens (tertiary/aromatic N) is 1. The van der Waals surface area contributed by atoms with E-state index >= 15 is 0 Å². The van der Waals surface area contributed by atoms with Crippen LogP contribution in [0.25, 0.3) is 0 Å². The number of halogens is 1. The second-order valence-corrected chi connectivity index (χ2v) is 5.25. The van der Waals surface area contributed by atoms with Crippen molar-refractivity contribution in [2.24, 2.45) is 0 Å². The maximum atomic E-state index is 6.05. The monoisotopic (exact) mass is 277 g/mol. The Bertz CT molecular complexity index is 529. The van der Waals surface area contributed by atoms with Gasteiger partial charge in [0, 0.05) is 28.9 Å². The van der Waals surface area contributed by atoms with Gasteiger partial charge in [0.2, 0.25) is 0 Å². The lowest BCUT2D eigenvalue weighted by atomic mass is 10.0. The van der Waals surface area contributed by atoms with Crippen LogP contribution in [0.5, 0.6) is 0 Å². The normalized spacial score (nSPS) is 12.6. The first-order valence-electron chi connectivity index (χ1n) is 6.61. The zero-order chi connectivity index (χ0) is 13.8. The molecule has 2 aromatic rings. The minimum absolute atomic E-state index is 0.312. The Morgan fingerprint density at radius 3 is 2.74 bits per heavy atom. The maximum Gasteiger partial charge on any atom is 0.0638 e. The van der Waals surface area contributed by atoms with Gasteiger partial charge in [0.25, 0.3) is 0 Å². The summed E-state index contributed by atoms with van der Waals surface area (Å²) in [6.07, 6.45) is 1.02. The fourth-order valence-electron chi connectivity index (χ4n) is 2.28. The van der Waals surface area contributed by atoms with E-state index in [4.69, 9.17) is 11.6 Å². The average molecular weight is 278 g/mol. The first-order chi connectivity index (χ1) is 9.11. The van der Waals surface area contributed by atoms with Gasteiger partial charge in [-0.3, -0.25) is 5.10 Å². The standard InChI is InChI=1S/C15H20ClN3/c1-4-15(12-6-5-7-13(16)8-12)17-9-14-10(2)18-19-11(14)3/h5-8,15,17H,4,9H2,1-3H3,(H,18,19). The van der Waals surface area contributed by atoms with Gasteiger partial charge in [-0.2, -0.15) is 5.10 Å². The van der Waals surface area contributed by atoms with Crippen molar-refractivity contribution >= 4 is 11.6 Å². The lowest BCUT2D eigenvalue weighted by Crippen LogP contribution is -2.20. The van der Waals surface area contributed by atoms with Crippen LogP contribution >= 0.6 is 11.6 Å². The van der Waals surface area contributed by atoms with Crippen molar-refractivity contribution in [1.82, 2.24) is 15.5 Å². The second kappa shape index (κ2) is 6.22. The van der Waals surface area contributed by atoms with Gasteiger partial charge in [-0.15, -0.1) is 0 Å². The van der Waals surface area contributed by atoms with Gasteiger partial charge in [0.05, 0.1) is 5.69 Å². The van der Waals surface area contributed by atoms with E-state index < -0.39 is 0 Å². The minimum Gasteiger partial charge on any atom is -0.306 e. The number of hydrogen-bond acceptors (Lipinski definition) is 2. The van der Waals surface area contributed by atoms with Crippen molar-refractivity contribution in [1.29, 1.82) is 0 Å². The highest BCUT2D eigenvalue weighted by Gasteiger charge is 2.12. The molecule has 0 saturated heterocycles. The molecule has 1 aromatic carbocycles.